The Balaban J connectivity index is 2.37. The molecule has 0 radical (unpaired) electrons. The molecule has 0 aliphatic rings. The fraction of sp³-hybridized carbons (Fsp3) is 0.286. The van der Waals surface area contributed by atoms with Crippen LogP contribution in [0.15, 0.2) is 24.4 Å². The number of aromatic nitrogens is 4. The maximum absolute atomic E-state index is 13.4. The lowest BCUT2D eigenvalue weighted by molar-refractivity contribution is 0.629. The van der Waals surface area contributed by atoms with Crippen molar-refractivity contribution in [2.45, 2.75) is 19.2 Å². The number of alkyl halides is 1. The first-order valence-electron chi connectivity index (χ1n) is 6.30. The van der Waals surface area contributed by atoms with Crippen LogP contribution in [0.5, 0.6) is 0 Å². The van der Waals surface area contributed by atoms with Crippen LogP contribution in [0.1, 0.15) is 23.8 Å². The summed E-state index contributed by atoms with van der Waals surface area (Å²) >= 11 is 6.22. The van der Waals surface area contributed by atoms with E-state index in [1.54, 1.807) is 10.7 Å². The first-order valence-corrected chi connectivity index (χ1v) is 6.73. The highest BCUT2D eigenvalue weighted by atomic mass is 35.5. The number of nitrogens with zero attached hydrogens (tertiary/aromatic N) is 4. The van der Waals surface area contributed by atoms with Crippen LogP contribution >= 0.6 is 11.6 Å². The second kappa shape index (κ2) is 4.59. The molecule has 2 heterocycles. The van der Waals surface area contributed by atoms with Crippen molar-refractivity contribution in [1.29, 1.82) is 0 Å². The van der Waals surface area contributed by atoms with Gasteiger partial charge in [0.05, 0.1) is 27.8 Å². The summed E-state index contributed by atoms with van der Waals surface area (Å²) in [7, 11) is 1.86. The van der Waals surface area contributed by atoms with Crippen LogP contribution in [0.2, 0.25) is 0 Å². The van der Waals surface area contributed by atoms with Crippen molar-refractivity contribution >= 4 is 22.6 Å². The summed E-state index contributed by atoms with van der Waals surface area (Å²) in [6, 6.07) is 4.56. The second-order valence-electron chi connectivity index (χ2n) is 4.83. The Morgan fingerprint density at radius 1 is 1.35 bits per heavy atom. The van der Waals surface area contributed by atoms with Crippen LogP contribution in [0, 0.1) is 12.7 Å². The molecule has 3 rings (SSSR count). The molecule has 0 aliphatic carbocycles. The Labute approximate surface area is 120 Å². The molecule has 0 saturated carbocycles. The van der Waals surface area contributed by atoms with Gasteiger partial charge in [-0.25, -0.2) is 9.37 Å². The van der Waals surface area contributed by atoms with E-state index in [1.165, 1.54) is 12.1 Å². The molecule has 1 atom stereocenters. The Morgan fingerprint density at radius 3 is 2.70 bits per heavy atom. The number of halogens is 2. The molecule has 0 bridgehead atoms. The van der Waals surface area contributed by atoms with Crippen LogP contribution in [-0.2, 0) is 7.05 Å². The van der Waals surface area contributed by atoms with Gasteiger partial charge >= 0.3 is 0 Å². The summed E-state index contributed by atoms with van der Waals surface area (Å²) in [5, 5.41) is 4.06. The SMILES string of the molecule is Cc1nn(C)cc1-n1c(C(C)Cl)nc2cc(F)ccc21. The number of imidazole rings is 1. The van der Waals surface area contributed by atoms with E-state index in [9.17, 15) is 4.39 Å². The standard InChI is InChI=1S/C14H14ClFN4/c1-8(15)14-17-11-6-10(16)4-5-12(11)20(14)13-7-19(3)18-9(13)2/h4-8H,1-3H3. The minimum Gasteiger partial charge on any atom is -0.292 e. The van der Waals surface area contributed by atoms with Gasteiger partial charge in [-0.1, -0.05) is 0 Å². The minimum absolute atomic E-state index is 0.287. The molecule has 0 amide bonds. The molecule has 3 aromatic rings. The van der Waals surface area contributed by atoms with Crippen molar-refractivity contribution in [3.8, 4) is 5.69 Å². The smallest absolute Gasteiger partial charge is 0.132 e. The fourth-order valence-corrected chi connectivity index (χ4v) is 2.55. The maximum Gasteiger partial charge on any atom is 0.132 e. The molecular weight excluding hydrogens is 279 g/mol. The lowest BCUT2D eigenvalue weighted by atomic mass is 10.3. The summed E-state index contributed by atoms with van der Waals surface area (Å²) in [6.07, 6.45) is 1.91. The first kappa shape index (κ1) is 13.1. The van der Waals surface area contributed by atoms with E-state index in [4.69, 9.17) is 11.6 Å². The molecule has 20 heavy (non-hydrogen) atoms. The number of benzene rings is 1. The van der Waals surface area contributed by atoms with Gasteiger partial charge in [0, 0.05) is 19.3 Å². The van der Waals surface area contributed by atoms with Gasteiger partial charge in [-0.3, -0.25) is 9.25 Å². The molecule has 0 saturated heterocycles. The summed E-state index contributed by atoms with van der Waals surface area (Å²) in [5.41, 5.74) is 3.19. The van der Waals surface area contributed by atoms with Crippen molar-refractivity contribution in [2.24, 2.45) is 7.05 Å². The molecule has 1 unspecified atom stereocenters. The molecular formula is C14H14ClFN4. The fourth-order valence-electron chi connectivity index (χ4n) is 2.40. The summed E-state index contributed by atoms with van der Waals surface area (Å²) < 4.78 is 17.0. The molecule has 104 valence electrons. The third kappa shape index (κ3) is 1.98. The van der Waals surface area contributed by atoms with E-state index in [0.717, 1.165) is 16.9 Å². The second-order valence-corrected chi connectivity index (χ2v) is 5.48. The van der Waals surface area contributed by atoms with Crippen LogP contribution in [0.4, 0.5) is 4.39 Å². The summed E-state index contributed by atoms with van der Waals surface area (Å²) in [4.78, 5) is 4.45. The van der Waals surface area contributed by atoms with E-state index in [-0.39, 0.29) is 11.2 Å². The Bertz CT molecular complexity index is 788. The number of rotatable bonds is 2. The summed E-state index contributed by atoms with van der Waals surface area (Å²) in [6.45, 7) is 3.77. The zero-order valence-electron chi connectivity index (χ0n) is 11.4. The maximum atomic E-state index is 13.4. The number of hydrogen-bond acceptors (Lipinski definition) is 2. The highest BCUT2D eigenvalue weighted by Gasteiger charge is 2.19. The molecule has 0 aliphatic heterocycles. The number of fused-ring (bicyclic) bond motifs is 1. The lowest BCUT2D eigenvalue weighted by Gasteiger charge is -2.09. The number of hydrogen-bond donors (Lipinski definition) is 0. The zero-order valence-corrected chi connectivity index (χ0v) is 12.2. The van der Waals surface area contributed by atoms with Gasteiger partial charge in [-0.05, 0) is 26.0 Å². The normalized spacial score (nSPS) is 13.1. The van der Waals surface area contributed by atoms with Crippen LogP contribution in [0.3, 0.4) is 0 Å². The largest absolute Gasteiger partial charge is 0.292 e. The van der Waals surface area contributed by atoms with Gasteiger partial charge in [0.2, 0.25) is 0 Å². The third-order valence-electron chi connectivity index (χ3n) is 3.23. The van der Waals surface area contributed by atoms with Gasteiger partial charge in [-0.15, -0.1) is 11.6 Å². The highest BCUT2D eigenvalue weighted by molar-refractivity contribution is 6.20. The predicted octanol–water partition coefficient (Wildman–Crippen LogP) is 3.51. The van der Waals surface area contributed by atoms with E-state index >= 15 is 0 Å². The van der Waals surface area contributed by atoms with Crippen molar-refractivity contribution in [3.05, 3.63) is 41.7 Å². The Morgan fingerprint density at radius 2 is 2.10 bits per heavy atom. The third-order valence-corrected chi connectivity index (χ3v) is 3.42. The van der Waals surface area contributed by atoms with E-state index in [1.807, 2.05) is 31.7 Å². The highest BCUT2D eigenvalue weighted by Crippen LogP contribution is 2.29. The van der Waals surface area contributed by atoms with Crippen molar-refractivity contribution in [1.82, 2.24) is 19.3 Å². The molecule has 4 nitrogen and oxygen atoms in total. The molecule has 6 heteroatoms. The van der Waals surface area contributed by atoms with Crippen molar-refractivity contribution in [3.63, 3.8) is 0 Å². The molecule has 1 aromatic carbocycles. The van der Waals surface area contributed by atoms with E-state index in [2.05, 4.69) is 10.1 Å². The van der Waals surface area contributed by atoms with Crippen molar-refractivity contribution in [2.75, 3.05) is 0 Å². The molecule has 0 spiro atoms. The zero-order chi connectivity index (χ0) is 14.4. The quantitative estimate of drug-likeness (QED) is 0.678. The predicted molar refractivity (Wildman–Crippen MR) is 76.8 cm³/mol. The van der Waals surface area contributed by atoms with Gasteiger partial charge in [0.25, 0.3) is 0 Å². The average Bonchev–Trinajstić information content (AvgIpc) is 2.88. The van der Waals surface area contributed by atoms with Gasteiger partial charge in [-0.2, -0.15) is 5.10 Å². The van der Waals surface area contributed by atoms with Gasteiger partial charge < -0.3 is 0 Å². The first-order chi connectivity index (χ1) is 9.47. The Kier molecular flexibility index (Phi) is 3.01. The molecule has 0 N–H and O–H groups in total. The van der Waals surface area contributed by atoms with E-state index in [0.29, 0.717) is 11.3 Å². The number of aryl methyl sites for hydroxylation is 2. The Hall–Kier alpha value is -1.88. The monoisotopic (exact) mass is 292 g/mol. The average molecular weight is 293 g/mol. The topological polar surface area (TPSA) is 35.6 Å². The lowest BCUT2D eigenvalue weighted by Crippen LogP contribution is -2.02. The molecule has 2 aromatic heterocycles. The van der Waals surface area contributed by atoms with Gasteiger partial charge in [0.15, 0.2) is 0 Å². The molecule has 0 fully saturated rings. The van der Waals surface area contributed by atoms with Crippen molar-refractivity contribution < 1.29 is 4.39 Å². The van der Waals surface area contributed by atoms with Crippen LogP contribution < -0.4 is 0 Å². The summed E-state index contributed by atoms with van der Waals surface area (Å²) in [5.74, 6) is 0.377. The van der Waals surface area contributed by atoms with Crippen LogP contribution in [-0.4, -0.2) is 19.3 Å². The van der Waals surface area contributed by atoms with Gasteiger partial charge in [0.1, 0.15) is 11.6 Å². The minimum atomic E-state index is -0.307. The van der Waals surface area contributed by atoms with Crippen LogP contribution in [0.25, 0.3) is 16.7 Å². The van der Waals surface area contributed by atoms with E-state index < -0.39 is 0 Å².